The fourth-order valence-corrected chi connectivity index (χ4v) is 4.36. The number of rotatable bonds is 4. The Balaban J connectivity index is 1.33. The van der Waals surface area contributed by atoms with Gasteiger partial charge in [0.15, 0.2) is 0 Å². The number of hydrogen-bond donors (Lipinski definition) is 2. The first-order valence-corrected chi connectivity index (χ1v) is 9.41. The molecule has 4 rings (SSSR count). The van der Waals surface area contributed by atoms with Crippen LogP contribution in [0, 0.1) is 11.6 Å². The van der Waals surface area contributed by atoms with E-state index in [1.807, 2.05) is 12.1 Å². The molecule has 0 spiro atoms. The third-order valence-corrected chi connectivity index (χ3v) is 5.62. The summed E-state index contributed by atoms with van der Waals surface area (Å²) >= 11 is 0. The van der Waals surface area contributed by atoms with Crippen molar-refractivity contribution in [3.63, 3.8) is 0 Å². The van der Waals surface area contributed by atoms with Crippen molar-refractivity contribution < 1.29 is 13.6 Å². The third-order valence-electron chi connectivity index (χ3n) is 5.62. The van der Waals surface area contributed by atoms with Crippen molar-refractivity contribution in [1.82, 2.24) is 10.2 Å². The minimum Gasteiger partial charge on any atom is -0.335 e. The molecule has 2 fully saturated rings. The van der Waals surface area contributed by atoms with Crippen molar-refractivity contribution in [1.29, 1.82) is 0 Å². The number of fused-ring (bicyclic) bond motifs is 2. The molecule has 4 nitrogen and oxygen atoms in total. The van der Waals surface area contributed by atoms with Gasteiger partial charge in [-0.3, -0.25) is 4.90 Å². The van der Waals surface area contributed by atoms with E-state index in [1.54, 1.807) is 18.2 Å². The average Bonchev–Trinajstić information content (AvgIpc) is 2.87. The molecule has 2 aromatic carbocycles. The second-order valence-corrected chi connectivity index (χ2v) is 7.43. The van der Waals surface area contributed by atoms with E-state index in [1.165, 1.54) is 18.2 Å². The van der Waals surface area contributed by atoms with Crippen LogP contribution in [0.25, 0.3) is 0 Å². The number of hydrogen-bond acceptors (Lipinski definition) is 2. The van der Waals surface area contributed by atoms with Crippen LogP contribution in [-0.2, 0) is 6.54 Å². The first-order valence-electron chi connectivity index (χ1n) is 9.41. The van der Waals surface area contributed by atoms with Gasteiger partial charge >= 0.3 is 6.03 Å². The van der Waals surface area contributed by atoms with Gasteiger partial charge in [-0.05, 0) is 55.5 Å². The molecule has 1 unspecified atom stereocenters. The Morgan fingerprint density at radius 2 is 1.67 bits per heavy atom. The number of nitrogens with zero attached hydrogens (tertiary/aromatic N) is 1. The zero-order valence-corrected chi connectivity index (χ0v) is 15.0. The number of para-hydroxylation sites is 1. The Hall–Kier alpha value is -2.47. The van der Waals surface area contributed by atoms with Crippen molar-refractivity contribution in [3.05, 3.63) is 65.7 Å². The number of nitrogens with one attached hydrogen (secondary N) is 2. The second kappa shape index (κ2) is 7.64. The normalized spacial score (nSPS) is 24.6. The number of piperidine rings is 1. The smallest absolute Gasteiger partial charge is 0.319 e. The molecule has 0 aromatic heterocycles. The maximum absolute atomic E-state index is 13.7. The van der Waals surface area contributed by atoms with Crippen LogP contribution < -0.4 is 10.6 Å². The lowest BCUT2D eigenvalue weighted by molar-refractivity contribution is 0.112. The van der Waals surface area contributed by atoms with Gasteiger partial charge < -0.3 is 10.6 Å². The lowest BCUT2D eigenvalue weighted by atomic mass is 9.96. The van der Waals surface area contributed by atoms with Gasteiger partial charge in [0.1, 0.15) is 11.6 Å². The van der Waals surface area contributed by atoms with Gasteiger partial charge in [-0.25, -0.2) is 13.6 Å². The van der Waals surface area contributed by atoms with E-state index >= 15 is 0 Å². The predicted molar refractivity (Wildman–Crippen MR) is 100 cm³/mol. The molecule has 2 aliphatic heterocycles. The first kappa shape index (κ1) is 17.9. The molecular formula is C21H23F2N3O. The highest BCUT2D eigenvalue weighted by Gasteiger charge is 2.40. The Bertz CT molecular complexity index is 797. The highest BCUT2D eigenvalue weighted by molar-refractivity contribution is 5.89. The van der Waals surface area contributed by atoms with Gasteiger partial charge in [0.05, 0.1) is 5.69 Å². The van der Waals surface area contributed by atoms with Crippen molar-refractivity contribution in [2.75, 3.05) is 5.32 Å². The minimum absolute atomic E-state index is 0.0822. The molecule has 0 saturated carbocycles. The summed E-state index contributed by atoms with van der Waals surface area (Å²) in [6.07, 6.45) is 3.97. The summed E-state index contributed by atoms with van der Waals surface area (Å²) in [5, 5.41) is 5.58. The van der Waals surface area contributed by atoms with Crippen molar-refractivity contribution in [2.24, 2.45) is 0 Å². The zero-order valence-electron chi connectivity index (χ0n) is 15.0. The van der Waals surface area contributed by atoms with E-state index in [9.17, 15) is 13.6 Å². The summed E-state index contributed by atoms with van der Waals surface area (Å²) in [5.41, 5.74) is 1.30. The van der Waals surface area contributed by atoms with Crippen LogP contribution in [0.2, 0.25) is 0 Å². The van der Waals surface area contributed by atoms with Crippen LogP contribution in [0.1, 0.15) is 31.2 Å². The summed E-state index contributed by atoms with van der Waals surface area (Å²) in [7, 11) is 0. The molecular weight excluding hydrogens is 348 g/mol. The second-order valence-electron chi connectivity index (χ2n) is 7.43. The number of halogens is 2. The molecule has 2 N–H and O–H groups in total. The Morgan fingerprint density at radius 1 is 1.00 bits per heavy atom. The van der Waals surface area contributed by atoms with Crippen molar-refractivity contribution >= 4 is 11.7 Å². The fraction of sp³-hybridized carbons (Fsp3) is 0.381. The van der Waals surface area contributed by atoms with Gasteiger partial charge in [-0.15, -0.1) is 0 Å². The summed E-state index contributed by atoms with van der Waals surface area (Å²) < 4.78 is 26.8. The molecule has 2 aliphatic rings. The summed E-state index contributed by atoms with van der Waals surface area (Å²) in [6, 6.07) is 13.3. The van der Waals surface area contributed by atoms with Gasteiger partial charge in [0, 0.05) is 24.7 Å². The molecule has 2 amide bonds. The van der Waals surface area contributed by atoms with E-state index in [0.717, 1.165) is 37.8 Å². The molecule has 3 atom stereocenters. The fourth-order valence-electron chi connectivity index (χ4n) is 4.36. The number of benzene rings is 2. The SMILES string of the molecule is O=C(Nc1ccccc1F)NC1C[C@H]2CC[C@@H](C1)N2Cc1ccc(F)cc1. The molecule has 0 aliphatic carbocycles. The van der Waals surface area contributed by atoms with Crippen LogP contribution in [0.15, 0.2) is 48.5 Å². The van der Waals surface area contributed by atoms with Gasteiger partial charge in [-0.2, -0.15) is 0 Å². The number of urea groups is 1. The zero-order chi connectivity index (χ0) is 18.8. The molecule has 2 bridgehead atoms. The Morgan fingerprint density at radius 3 is 2.33 bits per heavy atom. The molecule has 27 heavy (non-hydrogen) atoms. The monoisotopic (exact) mass is 371 g/mol. The molecule has 2 aromatic rings. The van der Waals surface area contributed by atoms with Crippen LogP contribution in [0.5, 0.6) is 0 Å². The highest BCUT2D eigenvalue weighted by atomic mass is 19.1. The van der Waals surface area contributed by atoms with E-state index in [4.69, 9.17) is 0 Å². The largest absolute Gasteiger partial charge is 0.335 e. The molecule has 142 valence electrons. The summed E-state index contributed by atoms with van der Waals surface area (Å²) in [5.74, 6) is -0.660. The Labute approximate surface area is 157 Å². The van der Waals surface area contributed by atoms with Gasteiger partial charge in [-0.1, -0.05) is 24.3 Å². The topological polar surface area (TPSA) is 44.4 Å². The molecule has 2 saturated heterocycles. The first-order chi connectivity index (χ1) is 13.1. The van der Waals surface area contributed by atoms with Gasteiger partial charge in [0.25, 0.3) is 0 Å². The standard InChI is InChI=1S/C21H23F2N3O/c22-15-7-5-14(6-8-15)13-26-17-9-10-18(26)12-16(11-17)24-21(27)25-20-4-2-1-3-19(20)23/h1-8,16-18H,9-13H2,(H2,24,25,27)/t16?,17-,18+. The number of amides is 2. The van der Waals surface area contributed by atoms with Crippen molar-refractivity contribution in [2.45, 2.75) is 50.4 Å². The summed E-state index contributed by atoms with van der Waals surface area (Å²) in [6.45, 7) is 0.809. The molecule has 0 radical (unpaired) electrons. The number of anilines is 1. The van der Waals surface area contributed by atoms with E-state index < -0.39 is 5.82 Å². The van der Waals surface area contributed by atoms with Crippen LogP contribution in [0.3, 0.4) is 0 Å². The van der Waals surface area contributed by atoms with Crippen LogP contribution in [0.4, 0.5) is 19.3 Å². The minimum atomic E-state index is -0.443. The van der Waals surface area contributed by atoms with Crippen LogP contribution in [-0.4, -0.2) is 29.1 Å². The maximum atomic E-state index is 13.7. The van der Waals surface area contributed by atoms with Crippen molar-refractivity contribution in [3.8, 4) is 0 Å². The van der Waals surface area contributed by atoms with E-state index in [2.05, 4.69) is 15.5 Å². The average molecular weight is 371 g/mol. The Kier molecular flexibility index (Phi) is 5.07. The van der Waals surface area contributed by atoms with E-state index in [0.29, 0.717) is 12.1 Å². The lowest BCUT2D eigenvalue weighted by Gasteiger charge is -2.39. The molecule has 6 heteroatoms. The van der Waals surface area contributed by atoms with Crippen LogP contribution >= 0.6 is 0 Å². The number of carbonyl (C=O) groups excluding carboxylic acids is 1. The van der Waals surface area contributed by atoms with E-state index in [-0.39, 0.29) is 23.6 Å². The number of carbonyl (C=O) groups is 1. The summed E-state index contributed by atoms with van der Waals surface area (Å²) in [4.78, 5) is 14.7. The predicted octanol–water partition coefficient (Wildman–Crippen LogP) is 4.28. The lowest BCUT2D eigenvalue weighted by Crippen LogP contribution is -2.50. The quantitative estimate of drug-likeness (QED) is 0.842. The third kappa shape index (κ3) is 4.11. The maximum Gasteiger partial charge on any atom is 0.319 e. The highest BCUT2D eigenvalue weighted by Crippen LogP contribution is 2.36. The molecule has 2 heterocycles. The van der Waals surface area contributed by atoms with Gasteiger partial charge in [0.2, 0.25) is 0 Å².